The molecule has 4 aromatic rings. The number of nitrogens with zero attached hydrogens (tertiary/aromatic N) is 6. The first-order valence-corrected chi connectivity index (χ1v) is 8.41. The first-order valence-electron chi connectivity index (χ1n) is 8.41. The summed E-state index contributed by atoms with van der Waals surface area (Å²) in [6, 6.07) is 21.1. The fourth-order valence-corrected chi connectivity index (χ4v) is 2.66. The second kappa shape index (κ2) is 7.20. The molecule has 2 aromatic carbocycles. The van der Waals surface area contributed by atoms with E-state index < -0.39 is 0 Å². The summed E-state index contributed by atoms with van der Waals surface area (Å²) in [6.07, 6.45) is 0. The Balaban J connectivity index is 1.44. The molecule has 0 saturated heterocycles. The maximum atomic E-state index is 12.3. The molecule has 8 nitrogen and oxygen atoms in total. The number of nitrogens with one attached hydrogen (secondary N) is 1. The van der Waals surface area contributed by atoms with Crippen LogP contribution in [0.15, 0.2) is 66.7 Å². The normalized spacial score (nSPS) is 10.7. The maximum Gasteiger partial charge on any atom is 0.249 e. The van der Waals surface area contributed by atoms with Gasteiger partial charge in [0.1, 0.15) is 12.4 Å². The molecule has 27 heavy (non-hydrogen) atoms. The molecule has 0 aliphatic heterocycles. The van der Waals surface area contributed by atoms with Gasteiger partial charge >= 0.3 is 0 Å². The smallest absolute Gasteiger partial charge is 0.249 e. The quantitative estimate of drug-likeness (QED) is 0.591. The largest absolute Gasteiger partial charge is 0.309 e. The van der Waals surface area contributed by atoms with Gasteiger partial charge in [-0.25, -0.2) is 0 Å². The molecular weight excluding hydrogens is 342 g/mol. The van der Waals surface area contributed by atoms with Crippen molar-refractivity contribution in [2.75, 3.05) is 5.32 Å². The van der Waals surface area contributed by atoms with Crippen LogP contribution in [0, 0.1) is 0 Å². The molecule has 1 N–H and O–H groups in total. The van der Waals surface area contributed by atoms with Gasteiger partial charge in [0.2, 0.25) is 11.7 Å². The van der Waals surface area contributed by atoms with Crippen molar-refractivity contribution in [3.05, 3.63) is 66.7 Å². The maximum absolute atomic E-state index is 12.3. The summed E-state index contributed by atoms with van der Waals surface area (Å²) in [5, 5.41) is 19.4. The molecule has 8 heteroatoms. The average Bonchev–Trinajstić information content (AvgIpc) is 3.30. The Morgan fingerprint density at radius 1 is 0.963 bits per heavy atom. The van der Waals surface area contributed by atoms with E-state index in [0.29, 0.717) is 11.6 Å². The predicted octanol–water partition coefficient (Wildman–Crippen LogP) is 2.38. The second-order valence-corrected chi connectivity index (χ2v) is 5.96. The Hall–Kier alpha value is -3.81. The molecule has 1 amide bonds. The van der Waals surface area contributed by atoms with Crippen LogP contribution in [0.5, 0.6) is 0 Å². The zero-order chi connectivity index (χ0) is 18.6. The van der Waals surface area contributed by atoms with Crippen molar-refractivity contribution in [1.29, 1.82) is 0 Å². The zero-order valence-corrected chi connectivity index (χ0v) is 14.6. The molecular formula is C19H17N7O. The first-order chi connectivity index (χ1) is 13.2. The van der Waals surface area contributed by atoms with Gasteiger partial charge in [0.25, 0.3) is 0 Å². The van der Waals surface area contributed by atoms with Gasteiger partial charge in [-0.1, -0.05) is 60.7 Å². The number of anilines is 1. The Morgan fingerprint density at radius 2 is 1.63 bits per heavy atom. The predicted molar refractivity (Wildman–Crippen MR) is 101 cm³/mol. The van der Waals surface area contributed by atoms with Gasteiger partial charge in [0.05, 0.1) is 5.69 Å². The lowest BCUT2D eigenvalue weighted by Gasteiger charge is -2.03. The number of tetrazole rings is 1. The molecule has 0 unspecified atom stereocenters. The molecule has 0 radical (unpaired) electrons. The molecule has 2 heterocycles. The van der Waals surface area contributed by atoms with Crippen LogP contribution in [0.1, 0.15) is 0 Å². The number of aryl methyl sites for hydroxylation is 1. The average molecular weight is 359 g/mol. The SMILES string of the molecule is Cn1nc(-c2ccccc2)cc1NC(=O)Cn1nnc(-c2ccccc2)n1. The van der Waals surface area contributed by atoms with Crippen molar-refractivity contribution in [2.45, 2.75) is 6.54 Å². The third-order valence-electron chi connectivity index (χ3n) is 3.99. The standard InChI is InChI=1S/C19H17N7O/c1-25-17(12-16(22-25)14-8-4-2-5-9-14)20-18(27)13-26-23-19(21-24-26)15-10-6-3-7-11-15/h2-12H,13H2,1H3,(H,20,27). The molecule has 4 rings (SSSR count). The van der Waals surface area contributed by atoms with Crippen molar-refractivity contribution in [1.82, 2.24) is 30.0 Å². The van der Waals surface area contributed by atoms with Gasteiger partial charge < -0.3 is 5.32 Å². The van der Waals surface area contributed by atoms with Crippen LogP contribution in [-0.2, 0) is 18.4 Å². The van der Waals surface area contributed by atoms with Crippen molar-refractivity contribution in [3.8, 4) is 22.6 Å². The molecule has 2 aromatic heterocycles. The number of rotatable bonds is 5. The highest BCUT2D eigenvalue weighted by Crippen LogP contribution is 2.21. The molecule has 0 atom stereocenters. The number of hydrogen-bond acceptors (Lipinski definition) is 5. The van der Waals surface area contributed by atoms with Gasteiger partial charge in [-0.15, -0.1) is 10.2 Å². The molecule has 0 aliphatic carbocycles. The fraction of sp³-hybridized carbons (Fsp3) is 0.105. The number of carbonyl (C=O) groups excluding carboxylic acids is 1. The van der Waals surface area contributed by atoms with Gasteiger partial charge in [0.15, 0.2) is 0 Å². The highest BCUT2D eigenvalue weighted by atomic mass is 16.2. The molecule has 0 bridgehead atoms. The lowest BCUT2D eigenvalue weighted by molar-refractivity contribution is -0.117. The summed E-state index contributed by atoms with van der Waals surface area (Å²) in [7, 11) is 1.78. The fourth-order valence-electron chi connectivity index (χ4n) is 2.66. The molecule has 0 saturated carbocycles. The number of aromatic nitrogens is 6. The summed E-state index contributed by atoms with van der Waals surface area (Å²) >= 11 is 0. The van der Waals surface area contributed by atoms with E-state index >= 15 is 0 Å². The van der Waals surface area contributed by atoms with E-state index in [1.807, 2.05) is 66.7 Å². The monoisotopic (exact) mass is 359 g/mol. The first kappa shape index (κ1) is 16.6. The van der Waals surface area contributed by atoms with E-state index in [0.717, 1.165) is 16.8 Å². The molecule has 0 fully saturated rings. The summed E-state index contributed by atoms with van der Waals surface area (Å²) in [5.74, 6) is 0.826. The lowest BCUT2D eigenvalue weighted by Crippen LogP contribution is -2.21. The zero-order valence-electron chi connectivity index (χ0n) is 14.6. The summed E-state index contributed by atoms with van der Waals surface area (Å²) < 4.78 is 1.63. The Kier molecular flexibility index (Phi) is 4.44. The van der Waals surface area contributed by atoms with Crippen LogP contribution in [0.4, 0.5) is 5.82 Å². The van der Waals surface area contributed by atoms with Crippen LogP contribution < -0.4 is 5.32 Å². The van der Waals surface area contributed by atoms with Gasteiger partial charge in [-0.2, -0.15) is 9.90 Å². The number of hydrogen-bond donors (Lipinski definition) is 1. The summed E-state index contributed by atoms with van der Waals surface area (Å²) in [4.78, 5) is 13.6. The van der Waals surface area contributed by atoms with Crippen molar-refractivity contribution >= 4 is 11.7 Å². The van der Waals surface area contributed by atoms with Gasteiger partial charge in [-0.05, 0) is 5.21 Å². The van der Waals surface area contributed by atoms with Crippen LogP contribution in [0.3, 0.4) is 0 Å². The van der Waals surface area contributed by atoms with Gasteiger partial charge in [-0.3, -0.25) is 9.48 Å². The minimum atomic E-state index is -0.255. The highest BCUT2D eigenvalue weighted by molar-refractivity contribution is 5.90. The Morgan fingerprint density at radius 3 is 2.33 bits per heavy atom. The molecule has 0 spiro atoms. The Labute approximate surface area is 155 Å². The molecule has 134 valence electrons. The van der Waals surface area contributed by atoms with E-state index in [1.165, 1.54) is 4.80 Å². The summed E-state index contributed by atoms with van der Waals surface area (Å²) in [5.41, 5.74) is 2.63. The number of benzene rings is 2. The van der Waals surface area contributed by atoms with E-state index in [1.54, 1.807) is 11.7 Å². The van der Waals surface area contributed by atoms with Crippen molar-refractivity contribution in [2.24, 2.45) is 7.05 Å². The Bertz CT molecular complexity index is 1050. The van der Waals surface area contributed by atoms with E-state index in [2.05, 4.69) is 25.8 Å². The van der Waals surface area contributed by atoms with E-state index in [9.17, 15) is 4.79 Å². The van der Waals surface area contributed by atoms with Crippen molar-refractivity contribution < 1.29 is 4.79 Å². The van der Waals surface area contributed by atoms with Crippen LogP contribution >= 0.6 is 0 Å². The van der Waals surface area contributed by atoms with E-state index in [-0.39, 0.29) is 12.5 Å². The van der Waals surface area contributed by atoms with Crippen LogP contribution in [0.25, 0.3) is 22.6 Å². The number of carbonyl (C=O) groups is 1. The minimum Gasteiger partial charge on any atom is -0.309 e. The second-order valence-electron chi connectivity index (χ2n) is 5.96. The van der Waals surface area contributed by atoms with Gasteiger partial charge in [0, 0.05) is 24.2 Å². The topological polar surface area (TPSA) is 90.5 Å². The minimum absolute atomic E-state index is 0.0360. The number of amides is 1. The highest BCUT2D eigenvalue weighted by Gasteiger charge is 2.12. The summed E-state index contributed by atoms with van der Waals surface area (Å²) in [6.45, 7) is -0.0360. The third kappa shape index (κ3) is 3.74. The lowest BCUT2D eigenvalue weighted by atomic mass is 10.2. The van der Waals surface area contributed by atoms with Crippen molar-refractivity contribution in [3.63, 3.8) is 0 Å². The molecule has 0 aliphatic rings. The van der Waals surface area contributed by atoms with Crippen LogP contribution in [0.2, 0.25) is 0 Å². The third-order valence-corrected chi connectivity index (χ3v) is 3.99. The van der Waals surface area contributed by atoms with E-state index in [4.69, 9.17) is 0 Å². The van der Waals surface area contributed by atoms with Crippen LogP contribution in [-0.4, -0.2) is 35.9 Å².